The van der Waals surface area contributed by atoms with Crippen molar-refractivity contribution in [1.29, 1.82) is 0 Å². The van der Waals surface area contributed by atoms with Crippen LogP contribution in [-0.4, -0.2) is 5.11 Å². The van der Waals surface area contributed by atoms with Crippen molar-refractivity contribution < 1.29 is 9.84 Å². The molecule has 0 fully saturated rings. The van der Waals surface area contributed by atoms with Crippen molar-refractivity contribution in [1.82, 2.24) is 0 Å². The summed E-state index contributed by atoms with van der Waals surface area (Å²) in [5, 5.41) is 10.5. The van der Waals surface area contributed by atoms with Gasteiger partial charge < -0.3 is 9.84 Å². The van der Waals surface area contributed by atoms with Crippen molar-refractivity contribution in [2.75, 3.05) is 0 Å². The minimum atomic E-state index is 0.00291. The summed E-state index contributed by atoms with van der Waals surface area (Å²) in [6.45, 7) is 0. The highest BCUT2D eigenvalue weighted by Gasteiger charge is 2.04. The Bertz CT molecular complexity index is 535. The number of rotatable bonds is 2. The molecular weight excluding hydrogens is 282 g/mol. The summed E-state index contributed by atoms with van der Waals surface area (Å²) >= 11 is 17.4. The Labute approximate surface area is 113 Å². The van der Waals surface area contributed by atoms with E-state index in [9.17, 15) is 5.11 Å². The van der Waals surface area contributed by atoms with Crippen molar-refractivity contribution in [2.45, 2.75) is 0 Å². The normalized spacial score (nSPS) is 10.3. The monoisotopic (exact) mass is 288 g/mol. The van der Waals surface area contributed by atoms with E-state index in [0.717, 1.165) is 0 Å². The number of benzene rings is 2. The lowest BCUT2D eigenvalue weighted by Crippen LogP contribution is -1.84. The first-order valence-corrected chi connectivity index (χ1v) is 5.80. The van der Waals surface area contributed by atoms with E-state index in [2.05, 4.69) is 0 Å². The number of hydrogen-bond donors (Lipinski definition) is 1. The molecule has 0 aromatic heterocycles. The maximum Gasteiger partial charge on any atom is 0.134 e. The van der Waals surface area contributed by atoms with Gasteiger partial charge in [0.15, 0.2) is 0 Å². The molecule has 0 bridgehead atoms. The molecule has 0 saturated heterocycles. The molecule has 0 aliphatic heterocycles. The molecule has 2 aromatic carbocycles. The van der Waals surface area contributed by atoms with Gasteiger partial charge in [0.2, 0.25) is 0 Å². The van der Waals surface area contributed by atoms with E-state index in [1.165, 1.54) is 12.1 Å². The molecule has 0 amide bonds. The van der Waals surface area contributed by atoms with E-state index in [1.807, 2.05) is 0 Å². The Hall–Kier alpha value is -1.09. The Kier molecular flexibility index (Phi) is 3.67. The molecule has 1 N–H and O–H groups in total. The summed E-state index contributed by atoms with van der Waals surface area (Å²) in [6.07, 6.45) is 0. The molecular formula is C12H7Cl3O2. The quantitative estimate of drug-likeness (QED) is 0.829. The molecule has 17 heavy (non-hydrogen) atoms. The summed E-state index contributed by atoms with van der Waals surface area (Å²) in [5.74, 6) is 0.999. The van der Waals surface area contributed by atoms with Crippen LogP contribution >= 0.6 is 34.8 Å². The fraction of sp³-hybridized carbons (Fsp3) is 0. The molecule has 0 atom stereocenters. The molecule has 2 rings (SSSR count). The smallest absolute Gasteiger partial charge is 0.134 e. The van der Waals surface area contributed by atoms with Gasteiger partial charge in [-0.1, -0.05) is 34.8 Å². The fourth-order valence-electron chi connectivity index (χ4n) is 1.27. The Morgan fingerprint density at radius 2 is 1.47 bits per heavy atom. The minimum Gasteiger partial charge on any atom is -0.506 e. The van der Waals surface area contributed by atoms with Crippen molar-refractivity contribution in [2.24, 2.45) is 0 Å². The Morgan fingerprint density at radius 1 is 0.824 bits per heavy atom. The highest BCUT2D eigenvalue weighted by Crippen LogP contribution is 2.32. The number of hydrogen-bond acceptors (Lipinski definition) is 2. The van der Waals surface area contributed by atoms with Crippen LogP contribution in [0, 0.1) is 0 Å². The predicted octanol–water partition coefficient (Wildman–Crippen LogP) is 5.14. The molecule has 2 aromatic rings. The number of halogens is 3. The zero-order valence-corrected chi connectivity index (χ0v) is 10.7. The highest BCUT2D eigenvalue weighted by molar-refractivity contribution is 6.34. The van der Waals surface area contributed by atoms with Gasteiger partial charge in [-0.2, -0.15) is 0 Å². The van der Waals surface area contributed by atoms with Crippen LogP contribution in [0.15, 0.2) is 36.4 Å². The highest BCUT2D eigenvalue weighted by atomic mass is 35.5. The van der Waals surface area contributed by atoms with Crippen LogP contribution in [0.4, 0.5) is 0 Å². The number of aromatic hydroxyl groups is 1. The average Bonchev–Trinajstić information content (AvgIpc) is 2.22. The third kappa shape index (κ3) is 3.19. The topological polar surface area (TPSA) is 29.5 Å². The largest absolute Gasteiger partial charge is 0.506 e. The molecule has 0 radical (unpaired) electrons. The van der Waals surface area contributed by atoms with Crippen molar-refractivity contribution in [3.05, 3.63) is 51.5 Å². The zero-order valence-electron chi connectivity index (χ0n) is 8.45. The molecule has 0 unspecified atom stereocenters. The van der Waals surface area contributed by atoms with Crippen LogP contribution in [0.5, 0.6) is 17.2 Å². The van der Waals surface area contributed by atoms with E-state index in [-0.39, 0.29) is 10.8 Å². The molecule has 0 heterocycles. The fourth-order valence-corrected chi connectivity index (χ4v) is 1.95. The van der Waals surface area contributed by atoms with Crippen LogP contribution < -0.4 is 4.74 Å². The van der Waals surface area contributed by atoms with Crippen LogP contribution in [0.25, 0.3) is 0 Å². The van der Waals surface area contributed by atoms with Crippen LogP contribution in [-0.2, 0) is 0 Å². The zero-order chi connectivity index (χ0) is 12.4. The van der Waals surface area contributed by atoms with Gasteiger partial charge in [0.1, 0.15) is 17.2 Å². The lowest BCUT2D eigenvalue weighted by Gasteiger charge is -2.07. The number of phenolic OH excluding ortho intramolecular Hbond substituents is 1. The minimum absolute atomic E-state index is 0.00291. The summed E-state index contributed by atoms with van der Waals surface area (Å²) in [4.78, 5) is 0. The van der Waals surface area contributed by atoms with E-state index >= 15 is 0 Å². The summed E-state index contributed by atoms with van der Waals surface area (Å²) in [5.41, 5.74) is 0. The van der Waals surface area contributed by atoms with Gasteiger partial charge in [0, 0.05) is 16.1 Å². The third-order valence-electron chi connectivity index (χ3n) is 1.99. The van der Waals surface area contributed by atoms with Crippen molar-refractivity contribution in [3.63, 3.8) is 0 Å². The second-order valence-electron chi connectivity index (χ2n) is 3.32. The van der Waals surface area contributed by atoms with Gasteiger partial charge in [-0.05, 0) is 30.3 Å². The van der Waals surface area contributed by atoms with Gasteiger partial charge in [0.05, 0.1) is 5.02 Å². The van der Waals surface area contributed by atoms with Crippen LogP contribution in [0.3, 0.4) is 0 Å². The standard InChI is InChI=1S/C12H7Cl3O2/c13-7-3-8(14)5-10(4-7)17-9-1-2-12(16)11(15)6-9/h1-6,16H. The van der Waals surface area contributed by atoms with Crippen molar-refractivity contribution in [3.8, 4) is 17.2 Å². The van der Waals surface area contributed by atoms with E-state index in [4.69, 9.17) is 39.5 Å². The van der Waals surface area contributed by atoms with E-state index in [1.54, 1.807) is 24.3 Å². The lowest BCUT2D eigenvalue weighted by atomic mass is 10.3. The molecule has 0 aliphatic carbocycles. The summed E-state index contributed by atoms with van der Waals surface area (Å²) < 4.78 is 5.51. The van der Waals surface area contributed by atoms with E-state index < -0.39 is 0 Å². The second-order valence-corrected chi connectivity index (χ2v) is 4.60. The first kappa shape index (κ1) is 12.4. The van der Waals surface area contributed by atoms with Crippen LogP contribution in [0.1, 0.15) is 0 Å². The number of phenols is 1. The SMILES string of the molecule is Oc1ccc(Oc2cc(Cl)cc(Cl)c2)cc1Cl. The molecule has 0 saturated carbocycles. The summed E-state index contributed by atoms with van der Waals surface area (Å²) in [6, 6.07) is 9.42. The van der Waals surface area contributed by atoms with Crippen LogP contribution in [0.2, 0.25) is 15.1 Å². The van der Waals surface area contributed by atoms with Gasteiger partial charge >= 0.3 is 0 Å². The molecule has 0 spiro atoms. The van der Waals surface area contributed by atoms with Gasteiger partial charge in [-0.25, -0.2) is 0 Å². The third-order valence-corrected chi connectivity index (χ3v) is 2.73. The van der Waals surface area contributed by atoms with Gasteiger partial charge in [-0.15, -0.1) is 0 Å². The second kappa shape index (κ2) is 5.05. The van der Waals surface area contributed by atoms with Gasteiger partial charge in [-0.3, -0.25) is 0 Å². The Morgan fingerprint density at radius 3 is 2.06 bits per heavy atom. The molecule has 5 heteroatoms. The average molecular weight is 290 g/mol. The lowest BCUT2D eigenvalue weighted by molar-refractivity contribution is 0.464. The maximum atomic E-state index is 9.27. The number of ether oxygens (including phenoxy) is 1. The molecule has 0 aliphatic rings. The van der Waals surface area contributed by atoms with Gasteiger partial charge in [0.25, 0.3) is 0 Å². The Balaban J connectivity index is 2.28. The van der Waals surface area contributed by atoms with E-state index in [0.29, 0.717) is 21.5 Å². The molecule has 2 nitrogen and oxygen atoms in total. The summed E-state index contributed by atoms with van der Waals surface area (Å²) in [7, 11) is 0. The van der Waals surface area contributed by atoms with Crippen molar-refractivity contribution >= 4 is 34.8 Å². The predicted molar refractivity (Wildman–Crippen MR) is 69.7 cm³/mol. The molecule has 88 valence electrons. The maximum absolute atomic E-state index is 9.27. The first-order valence-electron chi connectivity index (χ1n) is 4.67. The first-order chi connectivity index (χ1) is 8.04.